The monoisotopic (exact) mass is 199 g/mol. The van der Waals surface area contributed by atoms with Gasteiger partial charge in [-0.15, -0.1) is 0 Å². The lowest BCUT2D eigenvalue weighted by Gasteiger charge is -2.28. The molecule has 78 valence electrons. The molecular weight excluding hydrogens is 186 g/mol. The van der Waals surface area contributed by atoms with Gasteiger partial charge in [-0.2, -0.15) is 13.2 Å². The maximum absolute atomic E-state index is 12.7. The van der Waals surface area contributed by atoms with E-state index in [0.717, 1.165) is 0 Å². The number of piperidine rings is 1. The highest BCUT2D eigenvalue weighted by Gasteiger charge is 2.29. The average molecular weight is 199 g/mol. The quantitative estimate of drug-likeness (QED) is 0.617. The molecule has 1 saturated heterocycles. The molecule has 13 heavy (non-hydrogen) atoms. The lowest BCUT2D eigenvalue weighted by Crippen LogP contribution is -2.38. The van der Waals surface area contributed by atoms with E-state index in [2.05, 4.69) is 0 Å². The molecule has 1 atom stereocenters. The van der Waals surface area contributed by atoms with Gasteiger partial charge in [0.15, 0.2) is 0 Å². The van der Waals surface area contributed by atoms with Gasteiger partial charge in [-0.3, -0.25) is 0 Å². The van der Waals surface area contributed by atoms with Crippen LogP contribution in [-0.4, -0.2) is 36.9 Å². The fourth-order valence-corrected chi connectivity index (χ4v) is 1.49. The Kier molecular flexibility index (Phi) is 3.53. The van der Waals surface area contributed by atoms with E-state index in [0.29, 0.717) is 19.4 Å². The Morgan fingerprint density at radius 3 is 2.54 bits per heavy atom. The topological polar surface area (TPSA) is 3.24 Å². The van der Waals surface area contributed by atoms with Gasteiger partial charge in [0.25, 0.3) is 0 Å². The molecule has 1 aliphatic heterocycles. The maximum Gasteiger partial charge on any atom is 0.390 e. The van der Waals surface area contributed by atoms with Gasteiger partial charge in [0, 0.05) is 13.1 Å². The first-order chi connectivity index (χ1) is 5.97. The Balaban J connectivity index is 2.21. The van der Waals surface area contributed by atoms with Crippen LogP contribution in [0.4, 0.5) is 17.6 Å². The summed E-state index contributed by atoms with van der Waals surface area (Å²) in [6, 6.07) is 0. The van der Waals surface area contributed by atoms with E-state index in [1.807, 2.05) is 0 Å². The standard InChI is InChI=1S/C8H13F4N/c9-7-2-1-4-13(6-7)5-3-8(10,11)12/h7H,1-6H2. The molecule has 0 bridgehead atoms. The Morgan fingerprint density at radius 1 is 1.31 bits per heavy atom. The van der Waals surface area contributed by atoms with Crippen molar-refractivity contribution in [2.24, 2.45) is 0 Å². The van der Waals surface area contributed by atoms with Gasteiger partial charge in [0.05, 0.1) is 6.42 Å². The lowest BCUT2D eigenvalue weighted by atomic mass is 10.1. The normalized spacial score (nSPS) is 26.3. The largest absolute Gasteiger partial charge is 0.390 e. The van der Waals surface area contributed by atoms with Gasteiger partial charge in [-0.05, 0) is 19.4 Å². The van der Waals surface area contributed by atoms with E-state index in [9.17, 15) is 17.6 Å². The zero-order valence-corrected chi connectivity index (χ0v) is 7.28. The highest BCUT2D eigenvalue weighted by molar-refractivity contribution is 4.72. The van der Waals surface area contributed by atoms with Crippen LogP contribution in [0, 0.1) is 0 Å². The molecule has 0 N–H and O–H groups in total. The van der Waals surface area contributed by atoms with Crippen molar-refractivity contribution >= 4 is 0 Å². The number of nitrogens with zero attached hydrogens (tertiary/aromatic N) is 1. The van der Waals surface area contributed by atoms with Gasteiger partial charge in [0.2, 0.25) is 0 Å². The molecule has 5 heteroatoms. The van der Waals surface area contributed by atoms with Crippen molar-refractivity contribution in [2.75, 3.05) is 19.6 Å². The van der Waals surface area contributed by atoms with Gasteiger partial charge in [0.1, 0.15) is 6.17 Å². The molecule has 1 nitrogen and oxygen atoms in total. The second-order valence-corrected chi connectivity index (χ2v) is 3.41. The molecule has 0 radical (unpaired) electrons. The van der Waals surface area contributed by atoms with Crippen molar-refractivity contribution in [3.05, 3.63) is 0 Å². The first kappa shape index (κ1) is 10.8. The second-order valence-electron chi connectivity index (χ2n) is 3.41. The minimum absolute atomic E-state index is 0.0656. The first-order valence-corrected chi connectivity index (χ1v) is 4.40. The maximum atomic E-state index is 12.7. The van der Waals surface area contributed by atoms with Crippen molar-refractivity contribution in [3.8, 4) is 0 Å². The summed E-state index contributed by atoms with van der Waals surface area (Å²) in [5.41, 5.74) is 0. The van der Waals surface area contributed by atoms with Crippen molar-refractivity contribution in [1.82, 2.24) is 4.90 Å². The van der Waals surface area contributed by atoms with Crippen LogP contribution in [0.5, 0.6) is 0 Å². The third-order valence-corrected chi connectivity index (χ3v) is 2.16. The lowest BCUT2D eigenvalue weighted by molar-refractivity contribution is -0.138. The molecule has 1 rings (SSSR count). The Morgan fingerprint density at radius 2 is 2.00 bits per heavy atom. The number of likely N-dealkylation sites (tertiary alicyclic amines) is 1. The summed E-state index contributed by atoms with van der Waals surface area (Å²) in [6.07, 6.45) is -4.74. The zero-order valence-electron chi connectivity index (χ0n) is 7.28. The van der Waals surface area contributed by atoms with E-state index in [1.165, 1.54) is 0 Å². The first-order valence-electron chi connectivity index (χ1n) is 4.40. The van der Waals surface area contributed by atoms with E-state index < -0.39 is 18.8 Å². The second kappa shape index (κ2) is 4.26. The molecule has 0 aromatic rings. The Bertz CT molecular complexity index is 157. The predicted molar refractivity (Wildman–Crippen MR) is 41.2 cm³/mol. The average Bonchev–Trinajstić information content (AvgIpc) is 2.00. The summed E-state index contributed by atoms with van der Waals surface area (Å²) in [6.45, 7) is 0.691. The number of hydrogen-bond donors (Lipinski definition) is 0. The summed E-state index contributed by atoms with van der Waals surface area (Å²) < 4.78 is 48.1. The van der Waals surface area contributed by atoms with Crippen LogP contribution in [0.1, 0.15) is 19.3 Å². The van der Waals surface area contributed by atoms with Crippen LogP contribution in [0.3, 0.4) is 0 Å². The van der Waals surface area contributed by atoms with Crippen LogP contribution >= 0.6 is 0 Å². The highest BCUT2D eigenvalue weighted by Crippen LogP contribution is 2.21. The molecule has 0 saturated carbocycles. The van der Waals surface area contributed by atoms with Crippen LogP contribution < -0.4 is 0 Å². The van der Waals surface area contributed by atoms with Crippen LogP contribution in [0.25, 0.3) is 0 Å². The summed E-state index contributed by atoms with van der Waals surface area (Å²) in [5.74, 6) is 0. The van der Waals surface area contributed by atoms with Crippen LogP contribution in [-0.2, 0) is 0 Å². The number of alkyl halides is 4. The third kappa shape index (κ3) is 4.45. The molecular formula is C8H13F4N. The van der Waals surface area contributed by atoms with Crippen LogP contribution in [0.15, 0.2) is 0 Å². The van der Waals surface area contributed by atoms with E-state index >= 15 is 0 Å². The van der Waals surface area contributed by atoms with Crippen molar-refractivity contribution < 1.29 is 17.6 Å². The SMILES string of the molecule is FC1CCCN(CCC(F)(F)F)C1. The molecule has 0 spiro atoms. The number of halogens is 4. The summed E-state index contributed by atoms with van der Waals surface area (Å²) >= 11 is 0. The fraction of sp³-hybridized carbons (Fsp3) is 1.00. The third-order valence-electron chi connectivity index (χ3n) is 2.16. The fourth-order valence-electron chi connectivity index (χ4n) is 1.49. The Hall–Kier alpha value is -0.320. The summed E-state index contributed by atoms with van der Waals surface area (Å²) in [7, 11) is 0. The number of rotatable bonds is 2. The van der Waals surface area contributed by atoms with Crippen molar-refractivity contribution in [3.63, 3.8) is 0 Å². The highest BCUT2D eigenvalue weighted by atomic mass is 19.4. The van der Waals surface area contributed by atoms with E-state index in [4.69, 9.17) is 0 Å². The molecule has 1 heterocycles. The smallest absolute Gasteiger partial charge is 0.300 e. The molecule has 1 unspecified atom stereocenters. The van der Waals surface area contributed by atoms with Gasteiger partial charge >= 0.3 is 6.18 Å². The van der Waals surface area contributed by atoms with Crippen molar-refractivity contribution in [1.29, 1.82) is 0 Å². The molecule has 0 aliphatic carbocycles. The molecule has 0 amide bonds. The summed E-state index contributed by atoms with van der Waals surface area (Å²) in [4.78, 5) is 1.54. The minimum Gasteiger partial charge on any atom is -0.300 e. The van der Waals surface area contributed by atoms with Crippen LogP contribution in [0.2, 0.25) is 0 Å². The Labute approximate surface area is 74.7 Å². The molecule has 0 aromatic heterocycles. The molecule has 0 aromatic carbocycles. The summed E-state index contributed by atoms with van der Waals surface area (Å²) in [5, 5.41) is 0. The van der Waals surface area contributed by atoms with Gasteiger partial charge < -0.3 is 4.90 Å². The van der Waals surface area contributed by atoms with E-state index in [-0.39, 0.29) is 13.1 Å². The number of hydrogen-bond acceptors (Lipinski definition) is 1. The van der Waals surface area contributed by atoms with Gasteiger partial charge in [-0.1, -0.05) is 0 Å². The molecule has 1 aliphatic rings. The predicted octanol–water partition coefficient (Wildman–Crippen LogP) is 2.37. The minimum atomic E-state index is -4.12. The van der Waals surface area contributed by atoms with Gasteiger partial charge in [-0.25, -0.2) is 4.39 Å². The van der Waals surface area contributed by atoms with E-state index in [1.54, 1.807) is 4.90 Å². The zero-order chi connectivity index (χ0) is 9.90. The van der Waals surface area contributed by atoms with Crippen molar-refractivity contribution in [2.45, 2.75) is 31.6 Å². The molecule has 1 fully saturated rings.